The summed E-state index contributed by atoms with van der Waals surface area (Å²) >= 11 is 0. The first-order valence-corrected chi connectivity index (χ1v) is 13.3. The molecular weight excluding hydrogens is 386 g/mol. The highest BCUT2D eigenvalue weighted by Crippen LogP contribution is 2.45. The zero-order chi connectivity index (χ0) is 22.1. The molecule has 1 aromatic rings. The Morgan fingerprint density at radius 2 is 1.45 bits per heavy atom. The highest BCUT2D eigenvalue weighted by atomic mass is 19.2. The SMILES string of the molecule is CC/C=C\Cc1ccc(C2CCC(C3CCC(CCCCCC)CC3)CC2)c(F)c1F. The number of hydrogen-bond donors (Lipinski definition) is 0. The van der Waals surface area contributed by atoms with E-state index in [0.29, 0.717) is 17.5 Å². The average molecular weight is 431 g/mol. The molecule has 0 N–H and O–H groups in total. The molecule has 0 nitrogen and oxygen atoms in total. The van der Waals surface area contributed by atoms with E-state index in [-0.39, 0.29) is 5.92 Å². The number of benzene rings is 1. The first kappa shape index (κ1) is 24.5. The van der Waals surface area contributed by atoms with Gasteiger partial charge in [0.05, 0.1) is 0 Å². The lowest BCUT2D eigenvalue weighted by Crippen LogP contribution is -2.25. The van der Waals surface area contributed by atoms with E-state index >= 15 is 0 Å². The van der Waals surface area contributed by atoms with Crippen LogP contribution in [0.5, 0.6) is 0 Å². The summed E-state index contributed by atoms with van der Waals surface area (Å²) in [4.78, 5) is 0. The lowest BCUT2D eigenvalue weighted by atomic mass is 9.68. The second kappa shape index (κ2) is 12.8. The smallest absolute Gasteiger partial charge is 0.162 e. The van der Waals surface area contributed by atoms with Crippen LogP contribution in [-0.2, 0) is 6.42 Å². The Balaban J connectivity index is 1.46. The Bertz CT molecular complexity index is 676. The van der Waals surface area contributed by atoms with Crippen LogP contribution in [0, 0.1) is 29.4 Å². The van der Waals surface area contributed by atoms with Gasteiger partial charge in [0.1, 0.15) is 0 Å². The van der Waals surface area contributed by atoms with Crippen molar-refractivity contribution in [3.63, 3.8) is 0 Å². The highest BCUT2D eigenvalue weighted by molar-refractivity contribution is 5.30. The standard InChI is InChI=1S/C29H44F2/c1-3-5-7-9-10-22-12-14-23(15-13-22)24-16-18-25(19-17-24)27-21-20-26(11-8-6-4-2)28(30)29(27)31/h6,8,20-25H,3-5,7,9-19H2,1-2H3/b8-6-. The first-order chi connectivity index (χ1) is 15.1. The topological polar surface area (TPSA) is 0 Å². The molecule has 2 heteroatoms. The maximum atomic E-state index is 14.8. The number of rotatable bonds is 10. The summed E-state index contributed by atoms with van der Waals surface area (Å²) in [6, 6.07) is 3.67. The van der Waals surface area contributed by atoms with Crippen LogP contribution in [0.2, 0.25) is 0 Å². The van der Waals surface area contributed by atoms with Gasteiger partial charge in [0.15, 0.2) is 11.6 Å². The highest BCUT2D eigenvalue weighted by Gasteiger charge is 2.32. The van der Waals surface area contributed by atoms with Crippen molar-refractivity contribution in [2.75, 3.05) is 0 Å². The Morgan fingerprint density at radius 1 is 0.774 bits per heavy atom. The van der Waals surface area contributed by atoms with E-state index in [1.54, 1.807) is 0 Å². The van der Waals surface area contributed by atoms with Gasteiger partial charge in [0.2, 0.25) is 0 Å². The molecule has 0 spiro atoms. The maximum Gasteiger partial charge on any atom is 0.162 e. The summed E-state index contributed by atoms with van der Waals surface area (Å²) in [5.41, 5.74) is 1.10. The van der Waals surface area contributed by atoms with Crippen LogP contribution in [0.4, 0.5) is 8.78 Å². The number of hydrogen-bond acceptors (Lipinski definition) is 0. The van der Waals surface area contributed by atoms with E-state index in [0.717, 1.165) is 37.0 Å². The average Bonchev–Trinajstić information content (AvgIpc) is 2.80. The van der Waals surface area contributed by atoms with Crippen LogP contribution in [0.3, 0.4) is 0 Å². The molecule has 2 fully saturated rings. The fourth-order valence-electron chi connectivity index (χ4n) is 6.16. The van der Waals surface area contributed by atoms with Crippen LogP contribution in [0.1, 0.15) is 121 Å². The van der Waals surface area contributed by atoms with Crippen molar-refractivity contribution in [1.82, 2.24) is 0 Å². The van der Waals surface area contributed by atoms with Crippen molar-refractivity contribution in [2.45, 2.75) is 116 Å². The van der Waals surface area contributed by atoms with Crippen molar-refractivity contribution in [2.24, 2.45) is 17.8 Å². The van der Waals surface area contributed by atoms with Gasteiger partial charge < -0.3 is 0 Å². The van der Waals surface area contributed by atoms with Gasteiger partial charge >= 0.3 is 0 Å². The van der Waals surface area contributed by atoms with E-state index in [4.69, 9.17) is 0 Å². The molecule has 0 bridgehead atoms. The van der Waals surface area contributed by atoms with Crippen LogP contribution in [0.15, 0.2) is 24.3 Å². The molecule has 0 aromatic heterocycles. The van der Waals surface area contributed by atoms with Crippen molar-refractivity contribution in [3.8, 4) is 0 Å². The van der Waals surface area contributed by atoms with Gasteiger partial charge in [-0.2, -0.15) is 0 Å². The summed E-state index contributed by atoms with van der Waals surface area (Å²) < 4.78 is 29.4. The van der Waals surface area contributed by atoms with E-state index < -0.39 is 11.6 Å². The molecule has 174 valence electrons. The van der Waals surface area contributed by atoms with Crippen LogP contribution in [0.25, 0.3) is 0 Å². The molecule has 2 saturated carbocycles. The van der Waals surface area contributed by atoms with Gasteiger partial charge in [0, 0.05) is 0 Å². The molecule has 0 saturated heterocycles. The van der Waals surface area contributed by atoms with E-state index in [2.05, 4.69) is 6.92 Å². The van der Waals surface area contributed by atoms with Crippen molar-refractivity contribution in [1.29, 1.82) is 0 Å². The second-order valence-electron chi connectivity index (χ2n) is 10.3. The maximum absolute atomic E-state index is 14.8. The van der Waals surface area contributed by atoms with Gasteiger partial charge in [-0.15, -0.1) is 0 Å². The summed E-state index contributed by atoms with van der Waals surface area (Å²) in [7, 11) is 0. The monoisotopic (exact) mass is 430 g/mol. The lowest BCUT2D eigenvalue weighted by molar-refractivity contribution is 0.155. The molecule has 3 rings (SSSR count). The molecule has 0 amide bonds. The van der Waals surface area contributed by atoms with Gasteiger partial charge in [-0.25, -0.2) is 8.78 Å². The molecule has 2 aliphatic carbocycles. The summed E-state index contributed by atoms with van der Waals surface area (Å²) in [6.45, 7) is 4.33. The molecule has 2 aliphatic rings. The van der Waals surface area contributed by atoms with E-state index in [1.807, 2.05) is 31.2 Å². The van der Waals surface area contributed by atoms with Gasteiger partial charge in [0.25, 0.3) is 0 Å². The zero-order valence-corrected chi connectivity index (χ0v) is 20.0. The Hall–Kier alpha value is -1.18. The van der Waals surface area contributed by atoms with Crippen LogP contribution >= 0.6 is 0 Å². The normalized spacial score (nSPS) is 27.1. The zero-order valence-electron chi connectivity index (χ0n) is 20.0. The first-order valence-electron chi connectivity index (χ1n) is 13.3. The van der Waals surface area contributed by atoms with Crippen molar-refractivity contribution in [3.05, 3.63) is 47.0 Å². The molecule has 0 unspecified atom stereocenters. The van der Waals surface area contributed by atoms with Gasteiger partial charge in [-0.1, -0.05) is 83.1 Å². The predicted octanol–water partition coefficient (Wildman–Crippen LogP) is 9.52. The van der Waals surface area contributed by atoms with E-state index in [1.165, 1.54) is 70.6 Å². The molecule has 1 aromatic carbocycles. The molecule has 0 radical (unpaired) electrons. The second-order valence-corrected chi connectivity index (χ2v) is 10.3. The largest absolute Gasteiger partial charge is 0.203 e. The third-order valence-corrected chi connectivity index (χ3v) is 8.17. The fraction of sp³-hybridized carbons (Fsp3) is 0.724. The summed E-state index contributed by atoms with van der Waals surface area (Å²) in [5.74, 6) is 1.63. The van der Waals surface area contributed by atoms with Gasteiger partial charge in [-0.3, -0.25) is 0 Å². The lowest BCUT2D eigenvalue weighted by Gasteiger charge is -2.38. The minimum absolute atomic E-state index is 0.195. The summed E-state index contributed by atoms with van der Waals surface area (Å²) in [5, 5.41) is 0. The Morgan fingerprint density at radius 3 is 2.10 bits per heavy atom. The molecule has 0 aliphatic heterocycles. The summed E-state index contributed by atoms with van der Waals surface area (Å²) in [6.07, 6.45) is 22.4. The molecule has 31 heavy (non-hydrogen) atoms. The fourth-order valence-corrected chi connectivity index (χ4v) is 6.16. The minimum atomic E-state index is -0.627. The van der Waals surface area contributed by atoms with Crippen molar-refractivity contribution < 1.29 is 8.78 Å². The van der Waals surface area contributed by atoms with E-state index in [9.17, 15) is 8.78 Å². The Kier molecular flexibility index (Phi) is 10.1. The molecule has 0 atom stereocenters. The molecular formula is C29H44F2. The number of unbranched alkanes of at least 4 members (excludes halogenated alkanes) is 3. The number of halogens is 2. The van der Waals surface area contributed by atoms with Crippen LogP contribution < -0.4 is 0 Å². The van der Waals surface area contributed by atoms with Crippen molar-refractivity contribution >= 4 is 0 Å². The quantitative estimate of drug-likeness (QED) is 0.256. The van der Waals surface area contributed by atoms with Crippen LogP contribution in [-0.4, -0.2) is 0 Å². The third-order valence-electron chi connectivity index (χ3n) is 8.17. The van der Waals surface area contributed by atoms with Gasteiger partial charge in [-0.05, 0) is 86.2 Å². The Labute approximate surface area is 189 Å². The number of allylic oxidation sites excluding steroid dienone is 2. The minimum Gasteiger partial charge on any atom is -0.203 e. The molecule has 0 heterocycles. The predicted molar refractivity (Wildman–Crippen MR) is 128 cm³/mol. The third kappa shape index (κ3) is 6.90.